The van der Waals surface area contributed by atoms with Gasteiger partial charge in [0.25, 0.3) is 0 Å². The Morgan fingerprint density at radius 3 is 2.78 bits per heavy atom. The van der Waals surface area contributed by atoms with Crippen LogP contribution in [0.4, 0.5) is 10.1 Å². The van der Waals surface area contributed by atoms with Gasteiger partial charge in [-0.3, -0.25) is 4.79 Å². The lowest BCUT2D eigenvalue weighted by Gasteiger charge is -2.27. The number of amides is 1. The summed E-state index contributed by atoms with van der Waals surface area (Å²) < 4.78 is 13.6. The highest BCUT2D eigenvalue weighted by atomic mass is 19.1. The minimum absolute atomic E-state index is 0.104. The molecule has 2 unspecified atom stereocenters. The molecular formula is C14H19FN2O. The summed E-state index contributed by atoms with van der Waals surface area (Å²) in [7, 11) is 0. The van der Waals surface area contributed by atoms with Crippen molar-refractivity contribution in [3.8, 4) is 0 Å². The third-order valence-electron chi connectivity index (χ3n) is 3.54. The second kappa shape index (κ2) is 5.48. The maximum absolute atomic E-state index is 13.6. The van der Waals surface area contributed by atoms with Gasteiger partial charge in [0, 0.05) is 6.04 Å². The SMILES string of the molecule is Cc1ccc(NC(=O)C2CCCCC2N)c(F)c1. The van der Waals surface area contributed by atoms with Crippen LogP contribution in [0.1, 0.15) is 31.2 Å². The van der Waals surface area contributed by atoms with Crippen LogP contribution in [-0.4, -0.2) is 11.9 Å². The number of carbonyl (C=O) groups excluding carboxylic acids is 1. The van der Waals surface area contributed by atoms with E-state index in [0.29, 0.717) is 0 Å². The predicted molar refractivity (Wildman–Crippen MR) is 69.7 cm³/mol. The maximum atomic E-state index is 13.6. The summed E-state index contributed by atoms with van der Waals surface area (Å²) in [5, 5.41) is 2.64. The monoisotopic (exact) mass is 250 g/mol. The van der Waals surface area contributed by atoms with Gasteiger partial charge in [0.15, 0.2) is 0 Å². The fraction of sp³-hybridized carbons (Fsp3) is 0.500. The van der Waals surface area contributed by atoms with E-state index in [2.05, 4.69) is 5.32 Å². The molecule has 0 aliphatic heterocycles. The van der Waals surface area contributed by atoms with E-state index < -0.39 is 5.82 Å². The van der Waals surface area contributed by atoms with Gasteiger partial charge in [0.2, 0.25) is 5.91 Å². The minimum Gasteiger partial charge on any atom is -0.327 e. The van der Waals surface area contributed by atoms with E-state index in [-0.39, 0.29) is 23.6 Å². The van der Waals surface area contributed by atoms with Gasteiger partial charge < -0.3 is 11.1 Å². The molecule has 1 aromatic rings. The number of nitrogens with two attached hydrogens (primary N) is 1. The Morgan fingerprint density at radius 1 is 1.39 bits per heavy atom. The average molecular weight is 250 g/mol. The van der Waals surface area contributed by atoms with Gasteiger partial charge in [0.1, 0.15) is 5.82 Å². The molecule has 1 aliphatic carbocycles. The predicted octanol–water partition coefficient (Wildman–Crippen LogP) is 2.59. The molecule has 18 heavy (non-hydrogen) atoms. The lowest BCUT2D eigenvalue weighted by molar-refractivity contribution is -0.121. The zero-order valence-electron chi connectivity index (χ0n) is 10.6. The van der Waals surface area contributed by atoms with Crippen LogP contribution in [0.2, 0.25) is 0 Å². The Bertz CT molecular complexity index is 447. The largest absolute Gasteiger partial charge is 0.327 e. The Morgan fingerprint density at radius 2 is 2.11 bits per heavy atom. The Labute approximate surface area is 107 Å². The Kier molecular flexibility index (Phi) is 3.97. The molecule has 0 bridgehead atoms. The van der Waals surface area contributed by atoms with Gasteiger partial charge in [0.05, 0.1) is 11.6 Å². The first kappa shape index (κ1) is 13.0. The molecule has 2 rings (SSSR count). The van der Waals surface area contributed by atoms with Crippen LogP contribution in [-0.2, 0) is 4.79 Å². The standard InChI is InChI=1S/C14H19FN2O/c1-9-6-7-13(11(15)8-9)17-14(18)10-4-2-3-5-12(10)16/h6-8,10,12H,2-5,16H2,1H3,(H,17,18). The van der Waals surface area contributed by atoms with Crippen LogP contribution in [0, 0.1) is 18.7 Å². The molecule has 0 heterocycles. The third kappa shape index (κ3) is 2.88. The summed E-state index contributed by atoms with van der Waals surface area (Å²) in [5.41, 5.74) is 7.01. The second-order valence-corrected chi connectivity index (χ2v) is 5.03. The zero-order valence-corrected chi connectivity index (χ0v) is 10.6. The van der Waals surface area contributed by atoms with Gasteiger partial charge in [-0.15, -0.1) is 0 Å². The van der Waals surface area contributed by atoms with Crippen molar-refractivity contribution in [3.63, 3.8) is 0 Å². The fourth-order valence-corrected chi connectivity index (χ4v) is 2.43. The second-order valence-electron chi connectivity index (χ2n) is 5.03. The van der Waals surface area contributed by atoms with Crippen molar-refractivity contribution in [1.82, 2.24) is 0 Å². The van der Waals surface area contributed by atoms with E-state index in [0.717, 1.165) is 31.2 Å². The lowest BCUT2D eigenvalue weighted by Crippen LogP contribution is -2.40. The molecule has 4 heteroatoms. The smallest absolute Gasteiger partial charge is 0.229 e. The molecule has 0 aromatic heterocycles. The lowest BCUT2D eigenvalue weighted by atomic mass is 9.84. The van der Waals surface area contributed by atoms with Crippen LogP contribution < -0.4 is 11.1 Å². The van der Waals surface area contributed by atoms with Crippen molar-refractivity contribution in [2.75, 3.05) is 5.32 Å². The number of benzene rings is 1. The van der Waals surface area contributed by atoms with Crippen molar-refractivity contribution < 1.29 is 9.18 Å². The topological polar surface area (TPSA) is 55.1 Å². The third-order valence-corrected chi connectivity index (χ3v) is 3.54. The van der Waals surface area contributed by atoms with E-state index in [9.17, 15) is 9.18 Å². The number of nitrogens with one attached hydrogen (secondary N) is 1. The first-order chi connectivity index (χ1) is 8.58. The van der Waals surface area contributed by atoms with Crippen LogP contribution >= 0.6 is 0 Å². The van der Waals surface area contributed by atoms with Crippen molar-refractivity contribution in [2.24, 2.45) is 11.7 Å². The van der Waals surface area contributed by atoms with Crippen molar-refractivity contribution >= 4 is 11.6 Å². The highest BCUT2D eigenvalue weighted by molar-refractivity contribution is 5.93. The highest BCUT2D eigenvalue weighted by Crippen LogP contribution is 2.25. The van der Waals surface area contributed by atoms with Gasteiger partial charge in [-0.1, -0.05) is 18.9 Å². The molecule has 1 fully saturated rings. The number of aryl methyl sites for hydroxylation is 1. The van der Waals surface area contributed by atoms with Crippen LogP contribution in [0.5, 0.6) is 0 Å². The molecule has 0 saturated heterocycles. The Balaban J connectivity index is 2.06. The summed E-state index contributed by atoms with van der Waals surface area (Å²) in [5.74, 6) is -0.753. The van der Waals surface area contributed by atoms with Gasteiger partial charge >= 0.3 is 0 Å². The molecule has 0 spiro atoms. The first-order valence-electron chi connectivity index (χ1n) is 6.40. The van der Waals surface area contributed by atoms with Gasteiger partial charge in [-0.05, 0) is 37.5 Å². The van der Waals surface area contributed by atoms with Gasteiger partial charge in [-0.25, -0.2) is 4.39 Å². The minimum atomic E-state index is -0.396. The number of hydrogen-bond acceptors (Lipinski definition) is 2. The molecule has 3 N–H and O–H groups in total. The van der Waals surface area contributed by atoms with E-state index in [4.69, 9.17) is 5.73 Å². The molecular weight excluding hydrogens is 231 g/mol. The molecule has 98 valence electrons. The molecule has 3 nitrogen and oxygen atoms in total. The number of rotatable bonds is 2. The van der Waals surface area contributed by atoms with Crippen molar-refractivity contribution in [2.45, 2.75) is 38.6 Å². The molecule has 0 radical (unpaired) electrons. The fourth-order valence-electron chi connectivity index (χ4n) is 2.43. The number of anilines is 1. The number of hydrogen-bond donors (Lipinski definition) is 2. The Hall–Kier alpha value is -1.42. The summed E-state index contributed by atoms with van der Waals surface area (Å²) in [6.45, 7) is 1.81. The van der Waals surface area contributed by atoms with Crippen molar-refractivity contribution in [1.29, 1.82) is 0 Å². The van der Waals surface area contributed by atoms with E-state index in [1.807, 2.05) is 6.92 Å². The molecule has 1 saturated carbocycles. The number of carbonyl (C=O) groups is 1. The van der Waals surface area contributed by atoms with Crippen molar-refractivity contribution in [3.05, 3.63) is 29.6 Å². The summed E-state index contributed by atoms with van der Waals surface area (Å²) >= 11 is 0. The van der Waals surface area contributed by atoms with Crippen LogP contribution in [0.3, 0.4) is 0 Å². The summed E-state index contributed by atoms with van der Waals surface area (Å²) in [6.07, 6.45) is 3.75. The molecule has 1 aromatic carbocycles. The average Bonchev–Trinajstić information content (AvgIpc) is 2.33. The number of halogens is 1. The van der Waals surface area contributed by atoms with Crippen LogP contribution in [0.15, 0.2) is 18.2 Å². The quantitative estimate of drug-likeness (QED) is 0.847. The van der Waals surface area contributed by atoms with E-state index in [1.54, 1.807) is 12.1 Å². The normalized spacial score (nSPS) is 23.7. The van der Waals surface area contributed by atoms with E-state index >= 15 is 0 Å². The highest BCUT2D eigenvalue weighted by Gasteiger charge is 2.28. The first-order valence-corrected chi connectivity index (χ1v) is 6.40. The maximum Gasteiger partial charge on any atom is 0.229 e. The molecule has 2 atom stereocenters. The summed E-state index contributed by atoms with van der Waals surface area (Å²) in [4.78, 5) is 12.1. The van der Waals surface area contributed by atoms with Gasteiger partial charge in [-0.2, -0.15) is 0 Å². The zero-order chi connectivity index (χ0) is 13.1. The van der Waals surface area contributed by atoms with Crippen LogP contribution in [0.25, 0.3) is 0 Å². The molecule has 1 aliphatic rings. The molecule has 1 amide bonds. The van der Waals surface area contributed by atoms with E-state index in [1.165, 1.54) is 6.07 Å². The summed E-state index contributed by atoms with van der Waals surface area (Å²) in [6, 6.07) is 4.68.